The van der Waals surface area contributed by atoms with Crippen LogP contribution in [0.25, 0.3) is 11.4 Å². The van der Waals surface area contributed by atoms with Gasteiger partial charge in [-0.3, -0.25) is 4.79 Å². The van der Waals surface area contributed by atoms with Crippen molar-refractivity contribution in [1.82, 2.24) is 14.9 Å². The van der Waals surface area contributed by atoms with Gasteiger partial charge in [0.15, 0.2) is 5.82 Å². The van der Waals surface area contributed by atoms with Crippen LogP contribution in [-0.4, -0.2) is 45.9 Å². The molecular formula is C18H24FN3O4. The minimum Gasteiger partial charge on any atom is -0.465 e. The van der Waals surface area contributed by atoms with Crippen molar-refractivity contribution in [3.63, 3.8) is 0 Å². The van der Waals surface area contributed by atoms with Crippen molar-refractivity contribution < 1.29 is 23.9 Å². The number of carbonyl (C=O) groups excluding carboxylic acids is 1. The van der Waals surface area contributed by atoms with E-state index in [1.807, 2.05) is 0 Å². The van der Waals surface area contributed by atoms with Gasteiger partial charge in [0.05, 0.1) is 18.8 Å². The molecule has 1 atom stereocenters. The van der Waals surface area contributed by atoms with Crippen LogP contribution in [0.2, 0.25) is 0 Å². The Hall–Kier alpha value is -2.48. The maximum absolute atomic E-state index is 13.5. The molecule has 7 nitrogen and oxygen atoms in total. The van der Waals surface area contributed by atoms with E-state index in [0.717, 1.165) is 25.2 Å². The van der Waals surface area contributed by atoms with Crippen LogP contribution in [0.3, 0.4) is 0 Å². The molecule has 0 spiro atoms. The summed E-state index contributed by atoms with van der Waals surface area (Å²) in [6.45, 7) is 7.32. The summed E-state index contributed by atoms with van der Waals surface area (Å²) in [5.74, 6) is 0.414. The molecule has 1 aromatic heterocycles. The van der Waals surface area contributed by atoms with Gasteiger partial charge >= 0.3 is 5.97 Å². The number of esters is 1. The number of aromatic nitrogens is 3. The van der Waals surface area contributed by atoms with Crippen LogP contribution in [0.1, 0.15) is 31.2 Å². The molecule has 0 radical (unpaired) electrons. The van der Waals surface area contributed by atoms with E-state index >= 15 is 0 Å². The predicted octanol–water partition coefficient (Wildman–Crippen LogP) is 2.91. The third-order valence-electron chi connectivity index (χ3n) is 3.85. The molecule has 1 aliphatic rings. The average molecular weight is 365 g/mol. The second kappa shape index (κ2) is 9.28. The highest BCUT2D eigenvalue weighted by Gasteiger charge is 2.16. The molecule has 1 N–H and O–H groups in total. The van der Waals surface area contributed by atoms with Crippen LogP contribution in [0, 0.1) is 25.6 Å². The van der Waals surface area contributed by atoms with E-state index in [-0.39, 0.29) is 17.4 Å². The van der Waals surface area contributed by atoms with Gasteiger partial charge in [-0.05, 0) is 38.0 Å². The molecule has 1 aliphatic heterocycles. The summed E-state index contributed by atoms with van der Waals surface area (Å²) in [6, 6.07) is 4.71. The van der Waals surface area contributed by atoms with Crippen molar-refractivity contribution in [3.05, 3.63) is 35.4 Å². The van der Waals surface area contributed by atoms with Crippen LogP contribution in [-0.2, 0) is 14.3 Å². The lowest BCUT2D eigenvalue weighted by Gasteiger charge is -2.06. The summed E-state index contributed by atoms with van der Waals surface area (Å²) < 4.78 is 23.6. The molecule has 1 unspecified atom stereocenters. The van der Waals surface area contributed by atoms with Gasteiger partial charge in [0, 0.05) is 18.9 Å². The van der Waals surface area contributed by atoms with Gasteiger partial charge in [-0.15, -0.1) is 5.10 Å². The molecule has 0 aliphatic carbocycles. The Bertz CT molecular complexity index is 742. The summed E-state index contributed by atoms with van der Waals surface area (Å²) in [7, 11) is 0. The first kappa shape index (κ1) is 19.8. The molecule has 0 amide bonds. The number of aryl methyl sites for hydroxylation is 2. The highest BCUT2D eigenvalue weighted by molar-refractivity contribution is 5.68. The Morgan fingerprint density at radius 2 is 2.23 bits per heavy atom. The van der Waals surface area contributed by atoms with Crippen LogP contribution in [0.4, 0.5) is 4.39 Å². The van der Waals surface area contributed by atoms with E-state index in [1.165, 1.54) is 6.07 Å². The zero-order valence-electron chi connectivity index (χ0n) is 15.2. The Labute approximate surface area is 151 Å². The highest BCUT2D eigenvalue weighted by atomic mass is 19.1. The number of halogens is 1. The molecule has 1 fully saturated rings. The standard InChI is InChI=1S/C10H10FN3O.C8H14O3/c1-6-3-4-8(9(11)5-6)10-12-7(2)13-14(10)15;1-2-8(9)11-6-7-3-4-10-5-7/h3-5,15H,1-2H3;7H,2-6H2,1H3. The second-order valence-corrected chi connectivity index (χ2v) is 6.12. The molecule has 0 bridgehead atoms. The van der Waals surface area contributed by atoms with E-state index in [9.17, 15) is 14.4 Å². The number of nitrogens with zero attached hydrogens (tertiary/aromatic N) is 3. The third kappa shape index (κ3) is 5.52. The lowest BCUT2D eigenvalue weighted by molar-refractivity contribution is -0.144. The van der Waals surface area contributed by atoms with Crippen LogP contribution < -0.4 is 0 Å². The van der Waals surface area contributed by atoms with Crippen LogP contribution in [0.5, 0.6) is 0 Å². The van der Waals surface area contributed by atoms with Gasteiger partial charge < -0.3 is 14.7 Å². The van der Waals surface area contributed by atoms with E-state index in [0.29, 0.717) is 29.6 Å². The first-order valence-electron chi connectivity index (χ1n) is 8.53. The number of ether oxygens (including phenoxy) is 2. The SMILES string of the molecule is CCC(=O)OCC1CCOC1.Cc1ccc(-c2nc(C)nn2O)c(F)c1. The lowest BCUT2D eigenvalue weighted by atomic mass is 10.1. The largest absolute Gasteiger partial charge is 0.465 e. The molecule has 142 valence electrons. The first-order valence-corrected chi connectivity index (χ1v) is 8.53. The summed E-state index contributed by atoms with van der Waals surface area (Å²) in [6.07, 6.45) is 1.49. The van der Waals surface area contributed by atoms with Crippen molar-refractivity contribution in [2.45, 2.75) is 33.6 Å². The molecule has 0 saturated carbocycles. The topological polar surface area (TPSA) is 86.5 Å². The van der Waals surface area contributed by atoms with Crippen molar-refractivity contribution in [2.75, 3.05) is 19.8 Å². The summed E-state index contributed by atoms with van der Waals surface area (Å²) in [5.41, 5.74) is 1.06. The quantitative estimate of drug-likeness (QED) is 0.662. The van der Waals surface area contributed by atoms with Crippen molar-refractivity contribution >= 4 is 5.97 Å². The smallest absolute Gasteiger partial charge is 0.305 e. The van der Waals surface area contributed by atoms with E-state index < -0.39 is 5.82 Å². The van der Waals surface area contributed by atoms with Crippen LogP contribution >= 0.6 is 0 Å². The van der Waals surface area contributed by atoms with Gasteiger partial charge in [0.1, 0.15) is 5.82 Å². The van der Waals surface area contributed by atoms with Crippen molar-refractivity contribution in [3.8, 4) is 11.4 Å². The molecule has 2 aromatic rings. The van der Waals surface area contributed by atoms with Crippen LogP contribution in [0.15, 0.2) is 18.2 Å². The number of carbonyl (C=O) groups is 1. The fourth-order valence-corrected chi connectivity index (χ4v) is 2.40. The molecule has 3 rings (SSSR count). The molecule has 2 heterocycles. The molecular weight excluding hydrogens is 341 g/mol. The molecule has 26 heavy (non-hydrogen) atoms. The molecule has 1 aromatic carbocycles. The number of hydrogen-bond acceptors (Lipinski definition) is 6. The fourth-order valence-electron chi connectivity index (χ4n) is 2.40. The van der Waals surface area contributed by atoms with Gasteiger partial charge in [-0.2, -0.15) is 0 Å². The number of hydrogen-bond donors (Lipinski definition) is 1. The Kier molecular flexibility index (Phi) is 7.08. The molecule has 1 saturated heterocycles. The Balaban J connectivity index is 0.000000197. The van der Waals surface area contributed by atoms with E-state index in [2.05, 4.69) is 10.1 Å². The van der Waals surface area contributed by atoms with E-state index in [4.69, 9.17) is 9.47 Å². The third-order valence-corrected chi connectivity index (χ3v) is 3.85. The lowest BCUT2D eigenvalue weighted by Crippen LogP contribution is -2.13. The van der Waals surface area contributed by atoms with Gasteiger partial charge in [0.2, 0.25) is 5.82 Å². The summed E-state index contributed by atoms with van der Waals surface area (Å²) >= 11 is 0. The number of benzene rings is 1. The first-order chi connectivity index (χ1) is 12.4. The minimum atomic E-state index is -0.419. The summed E-state index contributed by atoms with van der Waals surface area (Å²) in [4.78, 5) is 15.2. The van der Waals surface area contributed by atoms with Crippen molar-refractivity contribution in [1.29, 1.82) is 0 Å². The van der Waals surface area contributed by atoms with Gasteiger partial charge in [-0.1, -0.05) is 17.8 Å². The fraction of sp³-hybridized carbons (Fsp3) is 0.500. The highest BCUT2D eigenvalue weighted by Crippen LogP contribution is 2.21. The van der Waals surface area contributed by atoms with Crippen molar-refractivity contribution in [2.24, 2.45) is 5.92 Å². The Morgan fingerprint density at radius 3 is 2.77 bits per heavy atom. The van der Waals surface area contributed by atoms with Gasteiger partial charge in [-0.25, -0.2) is 9.37 Å². The van der Waals surface area contributed by atoms with E-state index in [1.54, 1.807) is 32.9 Å². The van der Waals surface area contributed by atoms with Gasteiger partial charge in [0.25, 0.3) is 0 Å². The maximum Gasteiger partial charge on any atom is 0.305 e. The normalized spacial score (nSPS) is 16.1. The Morgan fingerprint density at radius 1 is 1.46 bits per heavy atom. The number of rotatable bonds is 4. The molecule has 8 heteroatoms. The zero-order chi connectivity index (χ0) is 19.1. The average Bonchev–Trinajstić information content (AvgIpc) is 3.23. The maximum atomic E-state index is 13.5. The zero-order valence-corrected chi connectivity index (χ0v) is 15.2. The summed E-state index contributed by atoms with van der Waals surface area (Å²) in [5, 5.41) is 13.0. The monoisotopic (exact) mass is 365 g/mol. The predicted molar refractivity (Wildman–Crippen MR) is 92.3 cm³/mol. The second-order valence-electron chi connectivity index (χ2n) is 6.12. The minimum absolute atomic E-state index is 0.114.